The van der Waals surface area contributed by atoms with Gasteiger partial charge >= 0.3 is 0 Å². The Labute approximate surface area is 80.9 Å². The molecule has 0 radical (unpaired) electrons. The maximum Gasteiger partial charge on any atom is 0.122 e. The van der Waals surface area contributed by atoms with Crippen molar-refractivity contribution in [2.75, 3.05) is 5.33 Å². The molecular weight excluding hydrogens is 216 g/mol. The first-order chi connectivity index (χ1) is 5.74. The van der Waals surface area contributed by atoms with Crippen LogP contribution in [0.25, 0.3) is 6.08 Å². The summed E-state index contributed by atoms with van der Waals surface area (Å²) in [5, 5.41) is 10.2. The highest BCUT2D eigenvalue weighted by atomic mass is 79.9. The zero-order chi connectivity index (χ0) is 8.97. The fourth-order valence-electron chi connectivity index (χ4n) is 0.979. The number of rotatable bonds is 2. The third-order valence-corrected chi connectivity index (χ3v) is 1.94. The molecule has 0 atom stereocenters. The van der Waals surface area contributed by atoms with Crippen molar-refractivity contribution in [3.63, 3.8) is 0 Å². The molecule has 64 valence electrons. The van der Waals surface area contributed by atoms with Crippen molar-refractivity contribution in [2.45, 2.75) is 6.92 Å². The van der Waals surface area contributed by atoms with Crippen molar-refractivity contribution in [2.24, 2.45) is 0 Å². The van der Waals surface area contributed by atoms with E-state index in [1.807, 2.05) is 31.2 Å². The topological polar surface area (TPSA) is 20.2 Å². The minimum Gasteiger partial charge on any atom is -0.507 e. The molecule has 0 aliphatic carbocycles. The number of aromatic hydroxyl groups is 1. The van der Waals surface area contributed by atoms with E-state index in [0.29, 0.717) is 5.75 Å². The summed E-state index contributed by atoms with van der Waals surface area (Å²) in [5.41, 5.74) is 2.02. The molecule has 1 aromatic carbocycles. The van der Waals surface area contributed by atoms with Gasteiger partial charge in [0.15, 0.2) is 0 Å². The van der Waals surface area contributed by atoms with E-state index in [2.05, 4.69) is 15.9 Å². The predicted octanol–water partition coefficient (Wildman–Crippen LogP) is 3.11. The fourth-order valence-corrected chi connectivity index (χ4v) is 1.17. The molecule has 0 saturated carbocycles. The fraction of sp³-hybridized carbons (Fsp3) is 0.200. The summed E-state index contributed by atoms with van der Waals surface area (Å²) < 4.78 is 0. The number of allylic oxidation sites excluding steroid dienone is 1. The van der Waals surface area contributed by atoms with Gasteiger partial charge in [-0.1, -0.05) is 39.7 Å². The second-order valence-corrected chi connectivity index (χ2v) is 3.27. The van der Waals surface area contributed by atoms with E-state index in [4.69, 9.17) is 0 Å². The molecule has 2 heteroatoms. The Morgan fingerprint density at radius 2 is 2.25 bits per heavy atom. The van der Waals surface area contributed by atoms with Crippen LogP contribution < -0.4 is 0 Å². The lowest BCUT2D eigenvalue weighted by Gasteiger charge is -1.99. The number of aryl methyl sites for hydroxylation is 1. The standard InChI is InChI=1S/C10H11BrO/c1-8-4-5-10(12)9(7-8)3-2-6-11/h2-5,7,12H,6H2,1H3. The molecule has 0 aliphatic heterocycles. The van der Waals surface area contributed by atoms with Crippen LogP contribution in [0.1, 0.15) is 11.1 Å². The highest BCUT2D eigenvalue weighted by molar-refractivity contribution is 9.09. The van der Waals surface area contributed by atoms with Gasteiger partial charge in [0, 0.05) is 10.9 Å². The van der Waals surface area contributed by atoms with Gasteiger partial charge in [0.1, 0.15) is 5.75 Å². The molecule has 0 unspecified atom stereocenters. The van der Waals surface area contributed by atoms with Gasteiger partial charge in [0.2, 0.25) is 0 Å². The third kappa shape index (κ3) is 2.38. The minimum absolute atomic E-state index is 0.331. The average molecular weight is 227 g/mol. The van der Waals surface area contributed by atoms with Gasteiger partial charge in [-0.3, -0.25) is 0 Å². The van der Waals surface area contributed by atoms with Crippen molar-refractivity contribution in [3.8, 4) is 5.75 Å². The Hall–Kier alpha value is -0.760. The highest BCUT2D eigenvalue weighted by Crippen LogP contribution is 2.19. The van der Waals surface area contributed by atoms with Gasteiger partial charge < -0.3 is 5.11 Å². The predicted molar refractivity (Wildman–Crippen MR) is 55.7 cm³/mol. The first kappa shape index (κ1) is 9.33. The maximum atomic E-state index is 9.40. The Morgan fingerprint density at radius 1 is 1.50 bits per heavy atom. The second-order valence-electron chi connectivity index (χ2n) is 2.62. The summed E-state index contributed by atoms with van der Waals surface area (Å²) in [7, 11) is 0. The lowest BCUT2D eigenvalue weighted by molar-refractivity contribution is 0.474. The van der Waals surface area contributed by atoms with E-state index in [0.717, 1.165) is 16.5 Å². The summed E-state index contributed by atoms with van der Waals surface area (Å²) in [6, 6.07) is 5.55. The number of alkyl halides is 1. The normalized spacial score (nSPS) is 10.8. The van der Waals surface area contributed by atoms with Crippen molar-refractivity contribution < 1.29 is 5.11 Å². The summed E-state index contributed by atoms with van der Waals surface area (Å²) in [4.78, 5) is 0. The van der Waals surface area contributed by atoms with E-state index < -0.39 is 0 Å². The smallest absolute Gasteiger partial charge is 0.122 e. The zero-order valence-corrected chi connectivity index (χ0v) is 8.51. The van der Waals surface area contributed by atoms with Crippen LogP contribution in [0.4, 0.5) is 0 Å². The SMILES string of the molecule is Cc1ccc(O)c(C=CCBr)c1. The number of phenols is 1. The quantitative estimate of drug-likeness (QED) is 0.769. The van der Waals surface area contributed by atoms with Gasteiger partial charge in [-0.2, -0.15) is 0 Å². The van der Waals surface area contributed by atoms with Crippen molar-refractivity contribution >= 4 is 22.0 Å². The van der Waals surface area contributed by atoms with E-state index >= 15 is 0 Å². The van der Waals surface area contributed by atoms with Gasteiger partial charge in [0.05, 0.1) is 0 Å². The number of hydrogen-bond donors (Lipinski definition) is 1. The molecule has 0 amide bonds. The van der Waals surface area contributed by atoms with Crippen LogP contribution in [-0.2, 0) is 0 Å². The van der Waals surface area contributed by atoms with Crippen LogP contribution in [-0.4, -0.2) is 10.4 Å². The maximum absolute atomic E-state index is 9.40. The van der Waals surface area contributed by atoms with Crippen LogP contribution in [0.2, 0.25) is 0 Å². The van der Waals surface area contributed by atoms with Crippen LogP contribution in [0, 0.1) is 6.92 Å². The first-order valence-electron chi connectivity index (χ1n) is 3.76. The van der Waals surface area contributed by atoms with Gasteiger partial charge in [-0.25, -0.2) is 0 Å². The second kappa shape index (κ2) is 4.31. The number of phenolic OH excluding ortho intramolecular Hbond substituents is 1. The lowest BCUT2D eigenvalue weighted by atomic mass is 10.1. The van der Waals surface area contributed by atoms with E-state index in [1.165, 1.54) is 0 Å². The third-order valence-electron chi connectivity index (χ3n) is 1.57. The molecule has 1 rings (SSSR count). The Balaban J connectivity index is 2.97. The molecule has 12 heavy (non-hydrogen) atoms. The van der Waals surface area contributed by atoms with Gasteiger partial charge in [-0.15, -0.1) is 0 Å². The van der Waals surface area contributed by atoms with Crippen LogP contribution >= 0.6 is 15.9 Å². The molecule has 1 aromatic rings. The summed E-state index contributed by atoms with van der Waals surface area (Å²) in [5.74, 6) is 0.331. The molecule has 1 nitrogen and oxygen atoms in total. The van der Waals surface area contributed by atoms with E-state index in [1.54, 1.807) is 6.07 Å². The number of benzene rings is 1. The zero-order valence-electron chi connectivity index (χ0n) is 6.92. The molecule has 0 aromatic heterocycles. The molecular formula is C10H11BrO. The van der Waals surface area contributed by atoms with Crippen molar-refractivity contribution in [3.05, 3.63) is 35.4 Å². The minimum atomic E-state index is 0.331. The van der Waals surface area contributed by atoms with Crippen LogP contribution in [0.15, 0.2) is 24.3 Å². The van der Waals surface area contributed by atoms with Crippen LogP contribution in [0.5, 0.6) is 5.75 Å². The monoisotopic (exact) mass is 226 g/mol. The lowest BCUT2D eigenvalue weighted by Crippen LogP contribution is -1.77. The summed E-state index contributed by atoms with van der Waals surface area (Å²) in [6.07, 6.45) is 3.85. The molecule has 0 saturated heterocycles. The molecule has 0 spiro atoms. The molecule has 0 fully saturated rings. The number of hydrogen-bond acceptors (Lipinski definition) is 1. The Kier molecular flexibility index (Phi) is 3.35. The molecule has 1 N–H and O–H groups in total. The van der Waals surface area contributed by atoms with E-state index in [-0.39, 0.29) is 0 Å². The average Bonchev–Trinajstić information content (AvgIpc) is 2.07. The Morgan fingerprint density at radius 3 is 2.92 bits per heavy atom. The molecule has 0 aliphatic rings. The first-order valence-corrected chi connectivity index (χ1v) is 4.88. The highest BCUT2D eigenvalue weighted by Gasteiger charge is 1.95. The van der Waals surface area contributed by atoms with E-state index in [9.17, 15) is 5.11 Å². The summed E-state index contributed by atoms with van der Waals surface area (Å²) in [6.45, 7) is 2.00. The van der Waals surface area contributed by atoms with Gasteiger partial charge in [-0.05, 0) is 19.1 Å². The van der Waals surface area contributed by atoms with Crippen molar-refractivity contribution in [1.29, 1.82) is 0 Å². The van der Waals surface area contributed by atoms with Gasteiger partial charge in [0.25, 0.3) is 0 Å². The largest absolute Gasteiger partial charge is 0.507 e. The molecule has 0 heterocycles. The van der Waals surface area contributed by atoms with Crippen molar-refractivity contribution in [1.82, 2.24) is 0 Å². The Bertz CT molecular complexity index is 292. The molecule has 0 bridgehead atoms. The summed E-state index contributed by atoms with van der Waals surface area (Å²) >= 11 is 3.28. The van der Waals surface area contributed by atoms with Crippen LogP contribution in [0.3, 0.4) is 0 Å². The number of halogens is 1.